The third-order valence-electron chi connectivity index (χ3n) is 2.61. The van der Waals surface area contributed by atoms with Crippen LogP contribution in [0.15, 0.2) is 16.9 Å². The predicted molar refractivity (Wildman–Crippen MR) is 65.0 cm³/mol. The average molecular weight is 235 g/mol. The molecule has 0 unspecified atom stereocenters. The Balaban J connectivity index is 2.63. The fraction of sp³-hybridized carbons (Fsp3) is 0.100. The molecule has 0 spiro atoms. The normalized spacial score (nSPS) is 11.6. The number of nitrogens with two attached hydrogens (primary N) is 1. The van der Waals surface area contributed by atoms with Crippen LogP contribution < -0.4 is 11.2 Å². The zero-order chi connectivity index (χ0) is 11.4. The molecule has 5 nitrogen and oxygen atoms in total. The molecule has 0 bridgehead atoms. The molecule has 0 aliphatic heterocycles. The van der Waals surface area contributed by atoms with Gasteiger partial charge >= 0.3 is 0 Å². The number of fused-ring (bicyclic) bond motifs is 3. The molecular weight excluding hydrogens is 226 g/mol. The minimum atomic E-state index is -0.360. The third-order valence-corrected chi connectivity index (χ3v) is 3.79. The fourth-order valence-electron chi connectivity index (χ4n) is 1.90. The summed E-state index contributed by atoms with van der Waals surface area (Å²) in [6.07, 6.45) is 0. The number of H-pyrrole nitrogens is 1. The largest absolute Gasteiger partial charge is 0.504 e. The number of phenols is 1. The first-order valence-corrected chi connectivity index (χ1v) is 5.49. The zero-order valence-corrected chi connectivity index (χ0v) is 9.26. The molecule has 0 aliphatic rings. The molecule has 2 aromatic heterocycles. The van der Waals surface area contributed by atoms with Gasteiger partial charge in [-0.15, -0.1) is 11.3 Å². The highest BCUT2D eigenvalue weighted by atomic mass is 32.1. The molecule has 0 saturated heterocycles. The van der Waals surface area contributed by atoms with Crippen molar-refractivity contribution in [2.45, 2.75) is 0 Å². The highest BCUT2D eigenvalue weighted by Crippen LogP contribution is 2.36. The first-order valence-electron chi connectivity index (χ1n) is 4.67. The Labute approximate surface area is 93.7 Å². The topological polar surface area (TPSA) is 84.0 Å². The van der Waals surface area contributed by atoms with E-state index in [1.807, 2.05) is 7.05 Å². The van der Waals surface area contributed by atoms with Crippen molar-refractivity contribution in [3.05, 3.63) is 22.4 Å². The second kappa shape index (κ2) is 2.79. The van der Waals surface area contributed by atoms with Gasteiger partial charge in [0.05, 0.1) is 10.2 Å². The molecule has 0 atom stereocenters. The Kier molecular flexibility index (Phi) is 1.62. The summed E-state index contributed by atoms with van der Waals surface area (Å²) in [5.41, 5.74) is 6.36. The Hall–Kier alpha value is -1.95. The van der Waals surface area contributed by atoms with Crippen LogP contribution in [0, 0.1) is 0 Å². The Morgan fingerprint density at radius 2 is 2.25 bits per heavy atom. The Morgan fingerprint density at radius 1 is 1.50 bits per heavy atom. The zero-order valence-electron chi connectivity index (χ0n) is 8.44. The molecule has 3 rings (SSSR count). The van der Waals surface area contributed by atoms with E-state index in [0.717, 1.165) is 20.3 Å². The second-order valence-electron chi connectivity index (χ2n) is 3.68. The van der Waals surface area contributed by atoms with Crippen LogP contribution in [0.2, 0.25) is 0 Å². The number of hydrogen-bond donors (Lipinski definition) is 3. The lowest BCUT2D eigenvalue weighted by Crippen LogP contribution is -1.96. The highest BCUT2D eigenvalue weighted by Gasteiger charge is 2.13. The molecule has 1 aromatic carbocycles. The number of aromatic hydroxyl groups is 1. The Morgan fingerprint density at radius 3 is 3.00 bits per heavy atom. The van der Waals surface area contributed by atoms with Gasteiger partial charge in [0, 0.05) is 23.2 Å². The van der Waals surface area contributed by atoms with Crippen molar-refractivity contribution in [3.63, 3.8) is 0 Å². The molecular formula is C10H9N3O2S. The lowest BCUT2D eigenvalue weighted by molar-refractivity contribution is 0.471. The summed E-state index contributed by atoms with van der Waals surface area (Å²) in [7, 11) is 1.84. The van der Waals surface area contributed by atoms with Crippen molar-refractivity contribution < 1.29 is 5.11 Å². The minimum Gasteiger partial charge on any atom is -0.504 e. The number of rotatable bonds is 0. The molecule has 0 amide bonds. The number of aromatic amines is 1. The summed E-state index contributed by atoms with van der Waals surface area (Å²) in [6.45, 7) is 0. The highest BCUT2D eigenvalue weighted by molar-refractivity contribution is 7.26. The molecule has 16 heavy (non-hydrogen) atoms. The van der Waals surface area contributed by atoms with Crippen LogP contribution in [0.4, 0.5) is 5.82 Å². The van der Waals surface area contributed by atoms with Gasteiger partial charge in [0.25, 0.3) is 0 Å². The van der Waals surface area contributed by atoms with E-state index in [0.29, 0.717) is 5.82 Å². The van der Waals surface area contributed by atoms with Gasteiger partial charge in [0.1, 0.15) is 5.82 Å². The molecule has 0 fully saturated rings. The molecule has 4 N–H and O–H groups in total. The van der Waals surface area contributed by atoms with Crippen LogP contribution in [-0.4, -0.2) is 14.9 Å². The summed E-state index contributed by atoms with van der Waals surface area (Å²) in [5, 5.41) is 13.2. The number of thiophene rings is 1. The number of benzene rings is 1. The minimum absolute atomic E-state index is 0.230. The van der Waals surface area contributed by atoms with Gasteiger partial charge in [-0.05, 0) is 6.07 Å². The fourth-order valence-corrected chi connectivity index (χ4v) is 3.05. The van der Waals surface area contributed by atoms with Gasteiger partial charge in [-0.3, -0.25) is 14.6 Å². The first kappa shape index (κ1) is 9.29. The molecule has 2 heterocycles. The molecule has 0 radical (unpaired) electrons. The van der Waals surface area contributed by atoms with Crippen molar-refractivity contribution in [1.29, 1.82) is 0 Å². The summed E-state index contributed by atoms with van der Waals surface area (Å²) in [6, 6.07) is 2.93. The predicted octanol–water partition coefficient (Wildman–Crippen LogP) is 1.37. The van der Waals surface area contributed by atoms with Crippen LogP contribution in [0.25, 0.3) is 20.3 Å². The number of anilines is 1. The molecule has 82 valence electrons. The van der Waals surface area contributed by atoms with Crippen molar-refractivity contribution in [1.82, 2.24) is 9.78 Å². The number of nitrogen functional groups attached to an aromatic ring is 1. The van der Waals surface area contributed by atoms with Crippen LogP contribution in [0.1, 0.15) is 0 Å². The number of hydrogen-bond acceptors (Lipinski definition) is 4. The molecule has 3 aromatic rings. The van der Waals surface area contributed by atoms with E-state index in [-0.39, 0.29) is 11.2 Å². The van der Waals surface area contributed by atoms with Gasteiger partial charge in [0.15, 0.2) is 5.75 Å². The smallest absolute Gasteiger partial charge is 0.221 e. The summed E-state index contributed by atoms with van der Waals surface area (Å²) < 4.78 is 3.53. The molecule has 0 saturated carbocycles. The van der Waals surface area contributed by atoms with Gasteiger partial charge in [-0.2, -0.15) is 0 Å². The molecule has 0 aliphatic carbocycles. The van der Waals surface area contributed by atoms with Crippen LogP contribution >= 0.6 is 11.3 Å². The van der Waals surface area contributed by atoms with Crippen LogP contribution in [0.5, 0.6) is 5.75 Å². The first-order chi connectivity index (χ1) is 7.58. The number of nitrogens with one attached hydrogen (secondary N) is 1. The van der Waals surface area contributed by atoms with E-state index in [2.05, 4.69) is 5.10 Å². The number of aromatic nitrogens is 2. The van der Waals surface area contributed by atoms with Gasteiger partial charge in [0.2, 0.25) is 5.43 Å². The van der Waals surface area contributed by atoms with Gasteiger partial charge < -0.3 is 10.8 Å². The second-order valence-corrected chi connectivity index (χ2v) is 4.73. The number of aryl methyl sites for hydroxylation is 1. The van der Waals surface area contributed by atoms with Crippen molar-refractivity contribution in [2.75, 3.05) is 5.73 Å². The maximum atomic E-state index is 11.3. The van der Waals surface area contributed by atoms with E-state index < -0.39 is 0 Å². The SMILES string of the molecule is Cn1[nH]c(N)c2sc3cc(=O)c(O)cc3c21. The van der Waals surface area contributed by atoms with Crippen molar-refractivity contribution >= 4 is 37.5 Å². The molecule has 6 heteroatoms. The monoisotopic (exact) mass is 235 g/mol. The van der Waals surface area contributed by atoms with E-state index in [9.17, 15) is 9.90 Å². The summed E-state index contributed by atoms with van der Waals surface area (Å²) in [5.74, 6) is 0.345. The van der Waals surface area contributed by atoms with Crippen LogP contribution in [0.3, 0.4) is 0 Å². The lowest BCUT2D eigenvalue weighted by atomic mass is 10.2. The number of phenolic OH excluding ortho intramolecular Hbond substituents is 1. The number of nitrogens with zero attached hydrogens (tertiary/aromatic N) is 1. The van der Waals surface area contributed by atoms with E-state index >= 15 is 0 Å². The van der Waals surface area contributed by atoms with Crippen molar-refractivity contribution in [2.24, 2.45) is 7.05 Å². The summed E-state index contributed by atoms with van der Waals surface area (Å²) in [4.78, 5) is 11.3. The summed E-state index contributed by atoms with van der Waals surface area (Å²) >= 11 is 1.44. The lowest BCUT2D eigenvalue weighted by Gasteiger charge is -1.95. The van der Waals surface area contributed by atoms with E-state index in [1.54, 1.807) is 4.68 Å². The third kappa shape index (κ3) is 1.02. The standard InChI is InChI=1S/C10H9N3O2S/c1-13-8-4-2-5(14)6(15)3-7(4)16-9(8)10(11)12-13/h2-3,12,14H,11H2,1H3. The van der Waals surface area contributed by atoms with Gasteiger partial charge in [-0.25, -0.2) is 0 Å². The van der Waals surface area contributed by atoms with Gasteiger partial charge in [-0.1, -0.05) is 0 Å². The van der Waals surface area contributed by atoms with Crippen molar-refractivity contribution in [3.8, 4) is 5.75 Å². The maximum absolute atomic E-state index is 11.3. The van der Waals surface area contributed by atoms with E-state index in [1.165, 1.54) is 23.5 Å². The average Bonchev–Trinajstić information content (AvgIpc) is 2.68. The van der Waals surface area contributed by atoms with Crippen LogP contribution in [-0.2, 0) is 7.05 Å². The quantitative estimate of drug-likeness (QED) is 0.550. The Bertz CT molecular complexity index is 766. The van der Waals surface area contributed by atoms with E-state index in [4.69, 9.17) is 5.73 Å². The maximum Gasteiger partial charge on any atom is 0.221 e.